The van der Waals surface area contributed by atoms with Gasteiger partial charge in [-0.1, -0.05) is 112 Å². The van der Waals surface area contributed by atoms with E-state index in [1.165, 1.54) is 10.4 Å². The predicted octanol–water partition coefficient (Wildman–Crippen LogP) is 4.38. The second kappa shape index (κ2) is 9.86. The highest BCUT2D eigenvalue weighted by Crippen LogP contribution is 2.38. The summed E-state index contributed by atoms with van der Waals surface area (Å²) in [6.07, 6.45) is 0. The summed E-state index contributed by atoms with van der Waals surface area (Å²) in [4.78, 5) is 14.9. The molecule has 4 nitrogen and oxygen atoms in total. The molecule has 4 rings (SSSR count). The van der Waals surface area contributed by atoms with Gasteiger partial charge in [-0.15, -0.1) is 0 Å². The maximum Gasteiger partial charge on any atom is 0.327 e. The summed E-state index contributed by atoms with van der Waals surface area (Å²) in [6.45, 7) is 11.1. The largest absolute Gasteiger partial charge is 0.459 e. The first-order valence-corrected chi connectivity index (χ1v) is 13.9. The van der Waals surface area contributed by atoms with Crippen LogP contribution in [-0.4, -0.2) is 44.4 Å². The van der Waals surface area contributed by atoms with Crippen molar-refractivity contribution >= 4 is 24.7 Å². The van der Waals surface area contributed by atoms with Crippen molar-refractivity contribution in [3.8, 4) is 0 Å². The Kier molecular flexibility index (Phi) is 7.08. The Morgan fingerprint density at radius 3 is 1.88 bits per heavy atom. The summed E-state index contributed by atoms with van der Waals surface area (Å²) in [5, 5.41) is 2.47. The number of hydrogen-bond donors (Lipinski definition) is 0. The van der Waals surface area contributed by atoms with E-state index in [0.717, 1.165) is 5.56 Å². The molecule has 3 aromatic rings. The summed E-state index contributed by atoms with van der Waals surface area (Å²) in [5.74, 6) is -0.165. The van der Waals surface area contributed by atoms with E-state index < -0.39 is 13.9 Å². The van der Waals surface area contributed by atoms with E-state index in [4.69, 9.17) is 9.16 Å². The minimum atomic E-state index is -2.56. The van der Waals surface area contributed by atoms with Gasteiger partial charge in [-0.05, 0) is 27.9 Å². The van der Waals surface area contributed by atoms with Crippen molar-refractivity contribution in [2.75, 3.05) is 19.7 Å². The first-order valence-electron chi connectivity index (χ1n) is 12.0. The summed E-state index contributed by atoms with van der Waals surface area (Å²) in [7, 11) is -2.56. The lowest BCUT2D eigenvalue weighted by molar-refractivity contribution is -0.148. The number of carbonyl (C=O) groups excluding carboxylic acids is 1. The molecule has 0 N–H and O–H groups in total. The van der Waals surface area contributed by atoms with E-state index in [-0.39, 0.29) is 11.0 Å². The van der Waals surface area contributed by atoms with Gasteiger partial charge in [0, 0.05) is 19.7 Å². The molecule has 1 saturated heterocycles. The molecule has 1 aliphatic heterocycles. The predicted molar refractivity (Wildman–Crippen MR) is 140 cm³/mol. The summed E-state index contributed by atoms with van der Waals surface area (Å²) >= 11 is 0. The van der Waals surface area contributed by atoms with Gasteiger partial charge >= 0.3 is 5.97 Å². The highest BCUT2D eigenvalue weighted by Gasteiger charge is 2.56. The van der Waals surface area contributed by atoms with Crippen LogP contribution in [0.3, 0.4) is 0 Å². The minimum Gasteiger partial charge on any atom is -0.459 e. The van der Waals surface area contributed by atoms with Crippen molar-refractivity contribution in [2.45, 2.75) is 44.9 Å². The summed E-state index contributed by atoms with van der Waals surface area (Å²) < 4.78 is 12.6. The number of ether oxygens (including phenoxy) is 1. The molecule has 1 aliphatic rings. The number of hydrogen-bond acceptors (Lipinski definition) is 4. The van der Waals surface area contributed by atoms with Crippen molar-refractivity contribution in [3.63, 3.8) is 0 Å². The number of benzene rings is 3. The van der Waals surface area contributed by atoms with E-state index in [2.05, 4.69) is 86.3 Å². The maximum atomic E-state index is 12.8. The van der Waals surface area contributed by atoms with E-state index in [0.29, 0.717) is 26.3 Å². The molecule has 0 aromatic heterocycles. The molecular formula is C29H35NO3Si. The maximum absolute atomic E-state index is 12.8. The van der Waals surface area contributed by atoms with Gasteiger partial charge in [-0.2, -0.15) is 0 Å². The lowest BCUT2D eigenvalue weighted by Crippen LogP contribution is -2.66. The Bertz CT molecular complexity index is 1040. The Labute approximate surface area is 204 Å². The van der Waals surface area contributed by atoms with E-state index in [9.17, 15) is 4.79 Å². The van der Waals surface area contributed by atoms with Crippen LogP contribution in [0.4, 0.5) is 0 Å². The fraction of sp³-hybridized carbons (Fsp3) is 0.345. The molecule has 0 bridgehead atoms. The van der Waals surface area contributed by atoms with Crippen LogP contribution in [0.1, 0.15) is 33.3 Å². The first-order chi connectivity index (χ1) is 16.3. The van der Waals surface area contributed by atoms with E-state index >= 15 is 0 Å². The third-order valence-corrected chi connectivity index (χ3v) is 11.9. The lowest BCUT2D eigenvalue weighted by atomic mass is 10.2. The van der Waals surface area contributed by atoms with Gasteiger partial charge in [0.15, 0.2) is 0 Å². The van der Waals surface area contributed by atoms with Gasteiger partial charge in [-0.3, -0.25) is 4.90 Å². The molecule has 5 heteroatoms. The van der Waals surface area contributed by atoms with Crippen LogP contribution >= 0.6 is 0 Å². The molecule has 0 amide bonds. The zero-order valence-electron chi connectivity index (χ0n) is 20.7. The monoisotopic (exact) mass is 473 g/mol. The fourth-order valence-corrected chi connectivity index (χ4v) is 9.36. The van der Waals surface area contributed by atoms with Crippen molar-refractivity contribution in [1.29, 1.82) is 0 Å². The Balaban J connectivity index is 1.45. The molecule has 0 saturated carbocycles. The summed E-state index contributed by atoms with van der Waals surface area (Å²) in [6, 6.07) is 31.1. The molecule has 1 fully saturated rings. The standard InChI is InChI=1S/C29H35NO3Si/c1-28(2,3)34(25-16-10-6-11-17-25,26-18-12-7-13-19-26)33-21-20-30-23-29(30,4)27(31)32-22-24-14-8-5-9-15-24/h5-19H,20-23H2,1-4H3. The van der Waals surface area contributed by atoms with Gasteiger partial charge in [0.05, 0.1) is 0 Å². The Hall–Kier alpha value is -2.73. The molecule has 2 unspecified atom stereocenters. The average Bonchev–Trinajstić information content (AvgIpc) is 3.52. The second-order valence-electron chi connectivity index (χ2n) is 10.3. The SMILES string of the molecule is CC1(C(=O)OCc2ccccc2)CN1CCO[Si](c1ccccc1)(c1ccccc1)C(C)(C)C. The van der Waals surface area contributed by atoms with Crippen LogP contribution < -0.4 is 10.4 Å². The van der Waals surface area contributed by atoms with E-state index in [1.807, 2.05) is 37.3 Å². The topological polar surface area (TPSA) is 38.5 Å². The highest BCUT2D eigenvalue weighted by atomic mass is 28.4. The molecule has 0 aliphatic carbocycles. The van der Waals surface area contributed by atoms with Crippen LogP contribution in [0.15, 0.2) is 91.0 Å². The van der Waals surface area contributed by atoms with Crippen LogP contribution in [0.25, 0.3) is 0 Å². The van der Waals surface area contributed by atoms with Gasteiger partial charge < -0.3 is 9.16 Å². The molecule has 2 atom stereocenters. The van der Waals surface area contributed by atoms with Crippen LogP contribution in [0.5, 0.6) is 0 Å². The molecule has 0 radical (unpaired) electrons. The number of carbonyl (C=O) groups is 1. The van der Waals surface area contributed by atoms with Gasteiger partial charge in [-0.25, -0.2) is 4.79 Å². The lowest BCUT2D eigenvalue weighted by Gasteiger charge is -2.43. The minimum absolute atomic E-state index is 0.0630. The molecule has 3 aromatic carbocycles. The Morgan fingerprint density at radius 2 is 1.38 bits per heavy atom. The van der Waals surface area contributed by atoms with Crippen LogP contribution in [-0.2, 0) is 20.6 Å². The quantitative estimate of drug-likeness (QED) is 0.263. The average molecular weight is 474 g/mol. The molecule has 0 spiro atoms. The normalized spacial score (nSPS) is 20.1. The Morgan fingerprint density at radius 1 is 0.882 bits per heavy atom. The van der Waals surface area contributed by atoms with Crippen molar-refractivity contribution < 1.29 is 14.0 Å². The third kappa shape index (κ3) is 4.87. The highest BCUT2D eigenvalue weighted by molar-refractivity contribution is 6.99. The third-order valence-electron chi connectivity index (χ3n) is 6.84. The number of nitrogens with zero attached hydrogens (tertiary/aromatic N) is 1. The van der Waals surface area contributed by atoms with E-state index in [1.54, 1.807) is 0 Å². The second-order valence-corrected chi connectivity index (χ2v) is 14.6. The smallest absolute Gasteiger partial charge is 0.327 e. The zero-order valence-corrected chi connectivity index (χ0v) is 21.7. The van der Waals surface area contributed by atoms with Crippen molar-refractivity contribution in [1.82, 2.24) is 4.90 Å². The molecule has 34 heavy (non-hydrogen) atoms. The summed E-state index contributed by atoms with van der Waals surface area (Å²) in [5.41, 5.74) is 0.436. The van der Waals surface area contributed by atoms with Crippen molar-refractivity contribution in [2.24, 2.45) is 0 Å². The van der Waals surface area contributed by atoms with Gasteiger partial charge in [0.1, 0.15) is 12.1 Å². The van der Waals surface area contributed by atoms with Crippen LogP contribution in [0.2, 0.25) is 5.04 Å². The number of esters is 1. The van der Waals surface area contributed by atoms with Gasteiger partial charge in [0.2, 0.25) is 0 Å². The molecule has 178 valence electrons. The van der Waals surface area contributed by atoms with Crippen LogP contribution in [0, 0.1) is 0 Å². The fourth-order valence-electron chi connectivity index (χ4n) is 4.80. The van der Waals surface area contributed by atoms with Crippen molar-refractivity contribution in [3.05, 3.63) is 96.6 Å². The number of rotatable bonds is 9. The van der Waals surface area contributed by atoms with Gasteiger partial charge in [0.25, 0.3) is 8.32 Å². The first kappa shape index (κ1) is 24.4. The molecule has 1 heterocycles. The molecular weight excluding hydrogens is 438 g/mol. The zero-order chi connectivity index (χ0) is 24.2.